The van der Waals surface area contributed by atoms with Crippen LogP contribution in [0.15, 0.2) is 24.3 Å². The van der Waals surface area contributed by atoms with Crippen LogP contribution < -0.4 is 5.32 Å². The second-order valence-electron chi connectivity index (χ2n) is 7.02. The first-order valence-corrected chi connectivity index (χ1v) is 8.20. The molecule has 1 aliphatic heterocycles. The highest BCUT2D eigenvalue weighted by Gasteiger charge is 2.42. The number of anilines is 1. The number of hydrogen-bond acceptors (Lipinski definition) is 7. The number of benzene rings is 1. The van der Waals surface area contributed by atoms with Crippen LogP contribution in [0, 0.1) is 10.1 Å². The number of amides is 1. The molecular weight excluding hydrogens is 342 g/mol. The molecule has 26 heavy (non-hydrogen) atoms. The molecule has 0 aromatic heterocycles. The molecule has 0 spiro atoms. The number of methoxy groups -OCH3 is 1. The van der Waals surface area contributed by atoms with Crippen LogP contribution in [0.4, 0.5) is 16.2 Å². The van der Waals surface area contributed by atoms with E-state index >= 15 is 0 Å². The molecule has 1 heterocycles. The van der Waals surface area contributed by atoms with Gasteiger partial charge in [-0.3, -0.25) is 15.0 Å². The van der Waals surface area contributed by atoms with Gasteiger partial charge in [0.1, 0.15) is 17.3 Å². The Labute approximate surface area is 151 Å². The number of rotatable bonds is 4. The van der Waals surface area contributed by atoms with Crippen LogP contribution in [0.25, 0.3) is 0 Å². The largest absolute Gasteiger partial charge is 0.467 e. The minimum Gasteiger partial charge on any atom is -0.467 e. The van der Waals surface area contributed by atoms with Crippen LogP contribution in [0.2, 0.25) is 0 Å². The summed E-state index contributed by atoms with van der Waals surface area (Å²) < 4.78 is 10.1. The summed E-state index contributed by atoms with van der Waals surface area (Å²) in [4.78, 5) is 36.4. The average molecular weight is 365 g/mol. The van der Waals surface area contributed by atoms with Crippen LogP contribution in [-0.2, 0) is 14.3 Å². The number of carbonyl (C=O) groups is 2. The van der Waals surface area contributed by atoms with Crippen LogP contribution >= 0.6 is 0 Å². The van der Waals surface area contributed by atoms with Gasteiger partial charge in [0.25, 0.3) is 5.69 Å². The van der Waals surface area contributed by atoms with E-state index in [1.54, 1.807) is 39.0 Å². The lowest BCUT2D eigenvalue weighted by Crippen LogP contribution is -2.44. The molecule has 1 aromatic carbocycles. The summed E-state index contributed by atoms with van der Waals surface area (Å²) in [5, 5.41) is 14.2. The Morgan fingerprint density at radius 3 is 2.54 bits per heavy atom. The van der Waals surface area contributed by atoms with Crippen molar-refractivity contribution in [3.63, 3.8) is 0 Å². The summed E-state index contributed by atoms with van der Waals surface area (Å²) in [6.07, 6.45) is -0.363. The fraction of sp³-hybridized carbons (Fsp3) is 0.529. The average Bonchev–Trinajstić information content (AvgIpc) is 2.97. The molecule has 0 saturated carbocycles. The molecule has 0 aliphatic carbocycles. The molecule has 1 aliphatic rings. The first kappa shape index (κ1) is 19.5. The summed E-state index contributed by atoms with van der Waals surface area (Å²) >= 11 is 0. The summed E-state index contributed by atoms with van der Waals surface area (Å²) in [6.45, 7) is 5.37. The fourth-order valence-electron chi connectivity index (χ4n) is 2.80. The molecule has 0 bridgehead atoms. The normalized spacial score (nSPS) is 19.8. The van der Waals surface area contributed by atoms with Crippen molar-refractivity contribution in [1.82, 2.24) is 4.90 Å². The van der Waals surface area contributed by atoms with E-state index in [1.807, 2.05) is 0 Å². The van der Waals surface area contributed by atoms with E-state index in [1.165, 1.54) is 18.1 Å². The number of nitro groups is 1. The molecule has 9 heteroatoms. The Hall–Kier alpha value is -2.84. The lowest BCUT2D eigenvalue weighted by Gasteiger charge is -2.27. The van der Waals surface area contributed by atoms with Crippen LogP contribution in [0.3, 0.4) is 0 Å². The number of nitrogens with one attached hydrogen (secondary N) is 1. The van der Waals surface area contributed by atoms with Gasteiger partial charge in [-0.05, 0) is 26.8 Å². The van der Waals surface area contributed by atoms with E-state index in [0.29, 0.717) is 5.69 Å². The van der Waals surface area contributed by atoms with Gasteiger partial charge in [-0.2, -0.15) is 0 Å². The zero-order chi connectivity index (χ0) is 19.5. The number of esters is 1. The third kappa shape index (κ3) is 4.62. The van der Waals surface area contributed by atoms with Gasteiger partial charge in [-0.25, -0.2) is 9.59 Å². The maximum Gasteiger partial charge on any atom is 0.411 e. The molecular formula is C17H23N3O6. The second-order valence-corrected chi connectivity index (χ2v) is 7.02. The Kier molecular flexibility index (Phi) is 5.69. The van der Waals surface area contributed by atoms with Crippen molar-refractivity contribution in [2.24, 2.45) is 0 Å². The third-order valence-electron chi connectivity index (χ3n) is 3.86. The Morgan fingerprint density at radius 2 is 1.96 bits per heavy atom. The number of likely N-dealkylation sites (tertiary alicyclic amines) is 1. The van der Waals surface area contributed by atoms with E-state index in [-0.39, 0.29) is 24.7 Å². The van der Waals surface area contributed by atoms with Crippen LogP contribution in [0.1, 0.15) is 27.2 Å². The predicted molar refractivity (Wildman–Crippen MR) is 93.9 cm³/mol. The Morgan fingerprint density at radius 1 is 1.31 bits per heavy atom. The van der Waals surface area contributed by atoms with Crippen molar-refractivity contribution in [2.45, 2.75) is 44.9 Å². The summed E-state index contributed by atoms with van der Waals surface area (Å²) in [5.41, 5.74) is -0.448. The molecule has 142 valence electrons. The number of nitrogens with zero attached hydrogens (tertiary/aromatic N) is 2. The first-order chi connectivity index (χ1) is 12.1. The van der Waals surface area contributed by atoms with E-state index in [0.717, 1.165) is 0 Å². The fourth-order valence-corrected chi connectivity index (χ4v) is 2.80. The number of para-hydroxylation sites is 2. The standard InChI is InChI=1S/C17H23N3O6/c1-17(2,3)26-16(22)19-10-11(9-14(19)15(21)25-4)18-12-7-5-6-8-13(12)20(23)24/h5-8,11,14,18H,9-10H2,1-4H3/t11-,14+/m1/s1. The molecule has 1 amide bonds. The summed E-state index contributed by atoms with van der Waals surface area (Å²) in [7, 11) is 1.25. The monoisotopic (exact) mass is 365 g/mol. The van der Waals surface area contributed by atoms with E-state index in [9.17, 15) is 19.7 Å². The molecule has 1 N–H and O–H groups in total. The van der Waals surface area contributed by atoms with Crippen molar-refractivity contribution in [3.05, 3.63) is 34.4 Å². The van der Waals surface area contributed by atoms with Crippen LogP contribution in [-0.4, -0.2) is 53.2 Å². The maximum atomic E-state index is 12.4. The predicted octanol–water partition coefficient (Wildman–Crippen LogP) is 2.56. The van der Waals surface area contributed by atoms with Crippen molar-refractivity contribution < 1.29 is 24.0 Å². The highest BCUT2D eigenvalue weighted by atomic mass is 16.6. The molecule has 0 unspecified atom stereocenters. The highest BCUT2D eigenvalue weighted by molar-refractivity contribution is 5.82. The molecule has 1 fully saturated rings. The van der Waals surface area contributed by atoms with Gasteiger partial charge in [0, 0.05) is 25.1 Å². The van der Waals surface area contributed by atoms with Gasteiger partial charge in [-0.1, -0.05) is 12.1 Å². The first-order valence-electron chi connectivity index (χ1n) is 8.20. The zero-order valence-electron chi connectivity index (χ0n) is 15.2. The number of nitro benzene ring substituents is 1. The minimum absolute atomic E-state index is 0.0714. The van der Waals surface area contributed by atoms with E-state index in [4.69, 9.17) is 9.47 Å². The second kappa shape index (κ2) is 7.59. The van der Waals surface area contributed by atoms with Crippen molar-refractivity contribution in [2.75, 3.05) is 19.0 Å². The molecule has 9 nitrogen and oxygen atoms in total. The Balaban J connectivity index is 2.19. The molecule has 1 saturated heterocycles. The van der Waals surface area contributed by atoms with Gasteiger partial charge in [0.2, 0.25) is 0 Å². The Bertz CT molecular complexity index is 700. The van der Waals surface area contributed by atoms with Gasteiger partial charge in [-0.15, -0.1) is 0 Å². The number of ether oxygens (including phenoxy) is 2. The van der Waals surface area contributed by atoms with Gasteiger partial charge >= 0.3 is 12.1 Å². The minimum atomic E-state index is -0.810. The smallest absolute Gasteiger partial charge is 0.411 e. The van der Waals surface area contributed by atoms with E-state index in [2.05, 4.69) is 5.32 Å². The zero-order valence-corrected chi connectivity index (χ0v) is 15.2. The van der Waals surface area contributed by atoms with Crippen LogP contribution in [0.5, 0.6) is 0 Å². The topological polar surface area (TPSA) is 111 Å². The molecule has 0 radical (unpaired) electrons. The number of hydrogen-bond donors (Lipinski definition) is 1. The maximum absolute atomic E-state index is 12.4. The van der Waals surface area contributed by atoms with Crippen molar-refractivity contribution in [3.8, 4) is 0 Å². The lowest BCUT2D eigenvalue weighted by atomic mass is 10.1. The molecule has 2 atom stereocenters. The molecule has 1 aromatic rings. The van der Waals surface area contributed by atoms with Crippen molar-refractivity contribution in [1.29, 1.82) is 0 Å². The molecule has 2 rings (SSSR count). The van der Waals surface area contributed by atoms with Gasteiger partial charge in [0.05, 0.1) is 12.0 Å². The van der Waals surface area contributed by atoms with E-state index < -0.39 is 28.6 Å². The highest BCUT2D eigenvalue weighted by Crippen LogP contribution is 2.29. The third-order valence-corrected chi connectivity index (χ3v) is 3.86. The van der Waals surface area contributed by atoms with Crippen molar-refractivity contribution >= 4 is 23.4 Å². The summed E-state index contributed by atoms with van der Waals surface area (Å²) in [5.74, 6) is -0.553. The van der Waals surface area contributed by atoms with Gasteiger partial charge < -0.3 is 14.8 Å². The summed E-state index contributed by atoms with van der Waals surface area (Å²) in [6, 6.07) is 5.06. The SMILES string of the molecule is COC(=O)[C@@H]1C[C@@H](Nc2ccccc2[N+](=O)[O-])CN1C(=O)OC(C)(C)C. The number of carbonyl (C=O) groups excluding carboxylic acids is 2. The quantitative estimate of drug-likeness (QED) is 0.496. The van der Waals surface area contributed by atoms with Gasteiger partial charge in [0.15, 0.2) is 0 Å². The lowest BCUT2D eigenvalue weighted by molar-refractivity contribution is -0.384.